The van der Waals surface area contributed by atoms with Crippen LogP contribution in [-0.4, -0.2) is 34.0 Å². The molecular formula is C4H8O4. The van der Waals surface area contributed by atoms with Gasteiger partial charge in [-0.25, -0.2) is 4.79 Å². The van der Waals surface area contributed by atoms with Crippen molar-refractivity contribution in [2.24, 2.45) is 0 Å². The number of hydrogen-bond acceptors (Lipinski definition) is 3. The average Bonchev–Trinajstić information content (AvgIpc) is 1.67. The Morgan fingerprint density at radius 2 is 2.12 bits per heavy atom. The Kier molecular flexibility index (Phi) is 3.14. The van der Waals surface area contributed by atoms with Crippen LogP contribution < -0.4 is 0 Å². The zero-order valence-corrected chi connectivity index (χ0v) is 4.24. The van der Waals surface area contributed by atoms with Gasteiger partial charge in [-0.15, -0.1) is 0 Å². The van der Waals surface area contributed by atoms with Crippen LogP contribution in [0.2, 0.25) is 0 Å². The molecule has 0 aliphatic heterocycles. The lowest BCUT2D eigenvalue weighted by Crippen LogP contribution is -2.20. The number of hydrogen-bond donors (Lipinski definition) is 3. The molecule has 0 saturated carbocycles. The highest BCUT2D eigenvalue weighted by Gasteiger charge is 2.10. The van der Waals surface area contributed by atoms with Gasteiger partial charge in [0, 0.05) is 13.0 Å². The molecule has 0 aliphatic carbocycles. The molecule has 0 spiro atoms. The number of carbonyl (C=O) groups is 1. The van der Waals surface area contributed by atoms with Crippen LogP contribution in [0.3, 0.4) is 0 Å². The lowest BCUT2D eigenvalue weighted by atomic mass is 10.3. The van der Waals surface area contributed by atoms with Crippen molar-refractivity contribution in [3.8, 4) is 0 Å². The largest absolute Gasteiger partial charge is 0.479 e. The van der Waals surface area contributed by atoms with Gasteiger partial charge in [-0.3, -0.25) is 0 Å². The molecule has 0 fully saturated rings. The Balaban J connectivity index is 3.32. The molecule has 0 saturated heterocycles. The molecule has 1 atom stereocenters. The van der Waals surface area contributed by atoms with Crippen LogP contribution in [0, 0.1) is 0 Å². The van der Waals surface area contributed by atoms with Gasteiger partial charge in [0.05, 0.1) is 0 Å². The van der Waals surface area contributed by atoms with Gasteiger partial charge in [0.15, 0.2) is 6.10 Å². The summed E-state index contributed by atoms with van der Waals surface area (Å²) in [6, 6.07) is 0. The van der Waals surface area contributed by atoms with Crippen molar-refractivity contribution < 1.29 is 20.1 Å². The molecule has 4 heteroatoms. The van der Waals surface area contributed by atoms with E-state index in [4.69, 9.17) is 15.3 Å². The first-order chi connectivity index (χ1) is 3.68. The molecular weight excluding hydrogens is 112 g/mol. The summed E-state index contributed by atoms with van der Waals surface area (Å²) < 4.78 is 0. The zero-order valence-electron chi connectivity index (χ0n) is 4.24. The topological polar surface area (TPSA) is 77.8 Å². The predicted molar refractivity (Wildman–Crippen MR) is 25.3 cm³/mol. The number of aliphatic hydroxyl groups excluding tert-OH is 2. The molecule has 0 aromatic rings. The predicted octanol–water partition coefficient (Wildman–Crippen LogP) is -1.19. The monoisotopic (exact) mass is 120 g/mol. The Bertz CT molecular complexity index is 80.1. The van der Waals surface area contributed by atoms with E-state index in [-0.39, 0.29) is 13.0 Å². The highest BCUT2D eigenvalue weighted by atomic mass is 16.4. The second-order valence-electron chi connectivity index (χ2n) is 1.37. The number of aliphatic hydroxyl groups is 2. The number of aliphatic carboxylic acids is 1. The number of rotatable bonds is 3. The Morgan fingerprint density at radius 1 is 1.62 bits per heavy atom. The van der Waals surface area contributed by atoms with E-state index >= 15 is 0 Å². The van der Waals surface area contributed by atoms with Crippen LogP contribution >= 0.6 is 0 Å². The number of carboxylic acids is 1. The van der Waals surface area contributed by atoms with Crippen LogP contribution in [0.15, 0.2) is 0 Å². The molecule has 0 unspecified atom stereocenters. The van der Waals surface area contributed by atoms with Crippen molar-refractivity contribution in [3.63, 3.8) is 0 Å². The lowest BCUT2D eigenvalue weighted by Gasteiger charge is -1.98. The Hall–Kier alpha value is -0.610. The van der Waals surface area contributed by atoms with E-state index in [1.807, 2.05) is 0 Å². The summed E-state index contributed by atoms with van der Waals surface area (Å²) in [4.78, 5) is 9.73. The minimum Gasteiger partial charge on any atom is -0.479 e. The summed E-state index contributed by atoms with van der Waals surface area (Å²) in [6.07, 6.45) is -1.52. The molecule has 0 rings (SSSR count). The van der Waals surface area contributed by atoms with Gasteiger partial charge in [0.1, 0.15) is 0 Å². The van der Waals surface area contributed by atoms with E-state index in [1.165, 1.54) is 0 Å². The van der Waals surface area contributed by atoms with E-state index in [9.17, 15) is 4.79 Å². The summed E-state index contributed by atoms with van der Waals surface area (Å²) in [5, 5.41) is 24.4. The summed E-state index contributed by atoms with van der Waals surface area (Å²) in [6.45, 7) is -0.298. The second-order valence-corrected chi connectivity index (χ2v) is 1.37. The highest BCUT2D eigenvalue weighted by molar-refractivity contribution is 5.71. The zero-order chi connectivity index (χ0) is 6.57. The Morgan fingerprint density at radius 3 is 2.25 bits per heavy atom. The van der Waals surface area contributed by atoms with E-state index < -0.39 is 12.1 Å². The van der Waals surface area contributed by atoms with Crippen LogP contribution in [-0.2, 0) is 4.79 Å². The van der Waals surface area contributed by atoms with Crippen molar-refractivity contribution in [3.05, 3.63) is 0 Å². The van der Waals surface area contributed by atoms with Crippen LogP contribution in [0.25, 0.3) is 0 Å². The van der Waals surface area contributed by atoms with Crippen molar-refractivity contribution in [1.29, 1.82) is 0 Å². The third-order valence-corrected chi connectivity index (χ3v) is 0.688. The molecule has 0 radical (unpaired) electrons. The second kappa shape index (κ2) is 3.40. The average molecular weight is 120 g/mol. The smallest absolute Gasteiger partial charge is 0.332 e. The maximum Gasteiger partial charge on any atom is 0.332 e. The van der Waals surface area contributed by atoms with E-state index in [0.717, 1.165) is 0 Å². The van der Waals surface area contributed by atoms with Crippen molar-refractivity contribution in [2.45, 2.75) is 12.5 Å². The fourth-order valence-corrected chi connectivity index (χ4v) is 0.246. The molecule has 0 heterocycles. The first-order valence-electron chi connectivity index (χ1n) is 2.20. The maximum absolute atomic E-state index is 9.73. The molecule has 0 aromatic heterocycles. The van der Waals surface area contributed by atoms with E-state index in [1.54, 1.807) is 0 Å². The first-order valence-corrected chi connectivity index (χ1v) is 2.20. The van der Waals surface area contributed by atoms with Crippen molar-refractivity contribution >= 4 is 5.97 Å². The molecule has 0 amide bonds. The molecule has 0 bridgehead atoms. The molecule has 48 valence electrons. The van der Waals surface area contributed by atoms with Crippen LogP contribution in [0.4, 0.5) is 0 Å². The molecule has 4 nitrogen and oxygen atoms in total. The standard InChI is InChI=1S/C4H8O4/c5-2-1-3(6)4(7)8/h3,5-6H,1-2H2,(H,7,8)/t3-/m0/s1. The fourth-order valence-electron chi connectivity index (χ4n) is 0.246. The third kappa shape index (κ3) is 2.54. The van der Waals surface area contributed by atoms with E-state index in [0.29, 0.717) is 0 Å². The van der Waals surface area contributed by atoms with Gasteiger partial charge >= 0.3 is 5.97 Å². The van der Waals surface area contributed by atoms with Crippen molar-refractivity contribution in [2.75, 3.05) is 6.61 Å². The lowest BCUT2D eigenvalue weighted by molar-refractivity contribution is -0.147. The van der Waals surface area contributed by atoms with Gasteiger partial charge in [-0.05, 0) is 0 Å². The SMILES string of the molecule is O=C(O)[C@@H](O)CCO. The summed E-state index contributed by atoms with van der Waals surface area (Å²) in [7, 11) is 0. The Labute approximate surface area is 46.4 Å². The van der Waals surface area contributed by atoms with Gasteiger partial charge in [-0.1, -0.05) is 0 Å². The normalized spacial score (nSPS) is 13.2. The van der Waals surface area contributed by atoms with Crippen molar-refractivity contribution in [1.82, 2.24) is 0 Å². The van der Waals surface area contributed by atoms with E-state index in [2.05, 4.69) is 0 Å². The first kappa shape index (κ1) is 7.39. The van der Waals surface area contributed by atoms with Gasteiger partial charge in [0.25, 0.3) is 0 Å². The number of carboxylic acid groups (broad SMARTS) is 1. The summed E-state index contributed by atoms with van der Waals surface area (Å²) >= 11 is 0. The highest BCUT2D eigenvalue weighted by Crippen LogP contribution is 1.87. The fraction of sp³-hybridized carbons (Fsp3) is 0.750. The maximum atomic E-state index is 9.73. The molecule has 0 aliphatic rings. The minimum atomic E-state index is -1.42. The quantitative estimate of drug-likeness (QED) is 0.438. The molecule has 8 heavy (non-hydrogen) atoms. The van der Waals surface area contributed by atoms with Gasteiger partial charge in [-0.2, -0.15) is 0 Å². The van der Waals surface area contributed by atoms with Gasteiger partial charge in [0.2, 0.25) is 0 Å². The third-order valence-electron chi connectivity index (χ3n) is 0.688. The van der Waals surface area contributed by atoms with Gasteiger partial charge < -0.3 is 15.3 Å². The summed E-state index contributed by atoms with van der Waals surface area (Å²) in [5.41, 5.74) is 0. The summed E-state index contributed by atoms with van der Waals surface area (Å²) in [5.74, 6) is -1.29. The molecule has 0 aromatic carbocycles. The van der Waals surface area contributed by atoms with Crippen LogP contribution in [0.1, 0.15) is 6.42 Å². The molecule has 3 N–H and O–H groups in total. The minimum absolute atomic E-state index is 0.102. The van der Waals surface area contributed by atoms with Crippen LogP contribution in [0.5, 0.6) is 0 Å².